The zero-order valence-electron chi connectivity index (χ0n) is 19.7. The van der Waals surface area contributed by atoms with Crippen molar-refractivity contribution >= 4 is 26.8 Å². The maximum absolute atomic E-state index is 12.9. The number of aryl methyl sites for hydroxylation is 1. The van der Waals surface area contributed by atoms with Gasteiger partial charge in [0, 0.05) is 36.3 Å². The van der Waals surface area contributed by atoms with E-state index >= 15 is 0 Å². The molecule has 1 fully saturated rings. The summed E-state index contributed by atoms with van der Waals surface area (Å²) in [7, 11) is -4.25. The van der Waals surface area contributed by atoms with Crippen molar-refractivity contribution in [2.45, 2.75) is 36.6 Å². The van der Waals surface area contributed by atoms with Crippen molar-refractivity contribution in [3.63, 3.8) is 0 Å². The summed E-state index contributed by atoms with van der Waals surface area (Å²) in [4.78, 5) is 17.8. The van der Waals surface area contributed by atoms with Crippen LogP contribution in [0.1, 0.15) is 17.7 Å². The van der Waals surface area contributed by atoms with Crippen LogP contribution in [-0.4, -0.2) is 60.8 Å². The van der Waals surface area contributed by atoms with E-state index in [-0.39, 0.29) is 24.6 Å². The summed E-state index contributed by atoms with van der Waals surface area (Å²) >= 11 is 0. The van der Waals surface area contributed by atoms with Crippen LogP contribution in [0.4, 0.5) is 13.2 Å². The number of nitrogens with one attached hydrogen (secondary N) is 2. The van der Waals surface area contributed by atoms with E-state index in [1.54, 1.807) is 0 Å². The molecule has 0 aliphatic carbocycles. The number of carbonyl (C=O) groups is 1. The quantitative estimate of drug-likeness (QED) is 0.283. The summed E-state index contributed by atoms with van der Waals surface area (Å²) in [5.74, 6) is -0.651. The van der Waals surface area contributed by atoms with Gasteiger partial charge >= 0.3 is 6.18 Å². The number of sulfonamides is 1. The number of fused-ring (bicyclic) bond motifs is 1. The molecule has 2 aromatic carbocycles. The summed E-state index contributed by atoms with van der Waals surface area (Å²) in [5.41, 5.74) is 2.18. The molecule has 198 valence electrons. The van der Waals surface area contributed by atoms with Gasteiger partial charge in [0.1, 0.15) is 17.9 Å². The van der Waals surface area contributed by atoms with Crippen molar-refractivity contribution in [1.29, 1.82) is 0 Å². The zero-order valence-corrected chi connectivity index (χ0v) is 20.6. The number of hydrogen-bond acceptors (Lipinski definition) is 7. The highest BCUT2D eigenvalue weighted by atomic mass is 32.2. The van der Waals surface area contributed by atoms with E-state index in [0.29, 0.717) is 5.75 Å². The molecule has 0 unspecified atom stereocenters. The molecular formula is C24H25F3N4O5S. The first-order valence-corrected chi connectivity index (χ1v) is 12.7. The van der Waals surface area contributed by atoms with E-state index in [1.807, 2.05) is 37.3 Å². The van der Waals surface area contributed by atoms with Crippen molar-refractivity contribution < 1.29 is 36.3 Å². The molecule has 9 nitrogen and oxygen atoms in total. The molecule has 0 radical (unpaired) electrons. The Balaban J connectivity index is 1.43. The molecule has 4 rings (SSSR count). The minimum absolute atomic E-state index is 0.177. The average Bonchev–Trinajstić information content (AvgIpc) is 2.82. The van der Waals surface area contributed by atoms with Crippen LogP contribution in [-0.2, 0) is 21.4 Å². The highest BCUT2D eigenvalue weighted by molar-refractivity contribution is 7.89. The van der Waals surface area contributed by atoms with Crippen LogP contribution in [0, 0.1) is 6.92 Å². The summed E-state index contributed by atoms with van der Waals surface area (Å²) < 4.78 is 71.4. The van der Waals surface area contributed by atoms with E-state index in [1.165, 1.54) is 34.6 Å². The van der Waals surface area contributed by atoms with Gasteiger partial charge in [0.15, 0.2) is 0 Å². The lowest BCUT2D eigenvalue weighted by Crippen LogP contribution is -2.76. The minimum Gasteiger partial charge on any atom is -0.489 e. The Hall–Kier alpha value is -3.26. The summed E-state index contributed by atoms with van der Waals surface area (Å²) in [5, 5.41) is 10.0. The van der Waals surface area contributed by atoms with Crippen LogP contribution in [0.3, 0.4) is 0 Å². The second-order valence-electron chi connectivity index (χ2n) is 8.90. The predicted octanol–water partition coefficient (Wildman–Crippen LogP) is 2.91. The number of aromatic nitrogens is 1. The number of ether oxygens (including phenoxy) is 1. The lowest BCUT2D eigenvalue weighted by atomic mass is 9.90. The Morgan fingerprint density at radius 3 is 2.49 bits per heavy atom. The number of amides is 1. The zero-order chi connectivity index (χ0) is 26.8. The maximum Gasteiger partial charge on any atom is 0.390 e. The number of hydrogen-bond donors (Lipinski definition) is 3. The monoisotopic (exact) mass is 538 g/mol. The molecule has 37 heavy (non-hydrogen) atoms. The molecule has 0 spiro atoms. The van der Waals surface area contributed by atoms with Crippen LogP contribution in [0.5, 0.6) is 5.75 Å². The number of likely N-dealkylation sites (tertiary alicyclic amines) is 1. The van der Waals surface area contributed by atoms with Gasteiger partial charge in [0.2, 0.25) is 10.0 Å². The van der Waals surface area contributed by atoms with E-state index in [0.717, 1.165) is 22.2 Å². The van der Waals surface area contributed by atoms with Crippen molar-refractivity contribution in [3.8, 4) is 5.75 Å². The van der Waals surface area contributed by atoms with Gasteiger partial charge in [-0.15, -0.1) is 0 Å². The van der Waals surface area contributed by atoms with E-state index in [4.69, 9.17) is 9.94 Å². The Bertz CT molecular complexity index is 1390. The standard InChI is InChI=1S/C24H25F3N4O5S/c1-16-12-17(20-4-2-3-5-21(20)28-16)13-36-18-6-8-19(9-7-18)37(34,35)30-23(22(32)29-33)14-31(15-23)11-10-24(25,26)27/h2-9,12,30,33H,10-11,13-15H2,1H3,(H,29,32). The second kappa shape index (κ2) is 10.2. The molecule has 3 aromatic rings. The van der Waals surface area contributed by atoms with Crippen LogP contribution < -0.4 is 14.9 Å². The van der Waals surface area contributed by atoms with Crippen LogP contribution in [0.2, 0.25) is 0 Å². The largest absolute Gasteiger partial charge is 0.489 e. The number of pyridine rings is 1. The molecule has 1 aromatic heterocycles. The van der Waals surface area contributed by atoms with Crippen LogP contribution in [0.25, 0.3) is 10.9 Å². The average molecular weight is 539 g/mol. The Morgan fingerprint density at radius 2 is 1.84 bits per heavy atom. The number of para-hydroxylation sites is 1. The second-order valence-corrected chi connectivity index (χ2v) is 10.6. The molecular weight excluding hydrogens is 513 g/mol. The van der Waals surface area contributed by atoms with Crippen LogP contribution >= 0.6 is 0 Å². The first kappa shape index (κ1) is 26.8. The summed E-state index contributed by atoms with van der Waals surface area (Å²) in [6.45, 7) is 1.06. The topological polar surface area (TPSA) is 121 Å². The minimum atomic E-state index is -4.38. The fraction of sp³-hybridized carbons (Fsp3) is 0.333. The Kier molecular flexibility index (Phi) is 7.42. The highest BCUT2D eigenvalue weighted by Crippen LogP contribution is 2.28. The fourth-order valence-electron chi connectivity index (χ4n) is 4.23. The Morgan fingerprint density at radius 1 is 1.16 bits per heavy atom. The first-order chi connectivity index (χ1) is 17.4. The van der Waals surface area contributed by atoms with Gasteiger partial charge in [-0.05, 0) is 43.3 Å². The van der Waals surface area contributed by atoms with Crippen molar-refractivity contribution in [2.24, 2.45) is 0 Å². The number of hydroxylamine groups is 1. The third-order valence-corrected chi connectivity index (χ3v) is 7.58. The van der Waals surface area contributed by atoms with Gasteiger partial charge in [0.05, 0.1) is 16.8 Å². The summed E-state index contributed by atoms with van der Waals surface area (Å²) in [6.07, 6.45) is -5.49. The molecule has 1 aliphatic heterocycles. The SMILES string of the molecule is Cc1cc(COc2ccc(S(=O)(=O)NC3(C(=O)NO)CN(CCC(F)(F)F)C3)cc2)c2ccccc2n1. The molecule has 2 heterocycles. The van der Waals surface area contributed by atoms with Gasteiger partial charge in [-0.1, -0.05) is 18.2 Å². The molecule has 1 saturated heterocycles. The number of benzene rings is 2. The molecule has 0 saturated carbocycles. The smallest absolute Gasteiger partial charge is 0.390 e. The van der Waals surface area contributed by atoms with E-state index in [9.17, 15) is 26.4 Å². The first-order valence-electron chi connectivity index (χ1n) is 11.3. The number of rotatable bonds is 9. The highest BCUT2D eigenvalue weighted by Gasteiger charge is 2.52. The van der Waals surface area contributed by atoms with Gasteiger partial charge in [-0.3, -0.25) is 19.9 Å². The number of carbonyl (C=O) groups excluding carboxylic acids is 1. The lowest BCUT2D eigenvalue weighted by molar-refractivity contribution is -0.150. The van der Waals surface area contributed by atoms with E-state index < -0.39 is 40.6 Å². The summed E-state index contributed by atoms with van der Waals surface area (Å²) in [6, 6.07) is 15.0. The Labute approximate surface area is 211 Å². The number of halogens is 3. The van der Waals surface area contributed by atoms with Crippen molar-refractivity contribution in [2.75, 3.05) is 19.6 Å². The molecule has 3 N–H and O–H groups in total. The lowest BCUT2D eigenvalue weighted by Gasteiger charge is -2.48. The molecule has 1 amide bonds. The van der Waals surface area contributed by atoms with Crippen LogP contribution in [0.15, 0.2) is 59.5 Å². The van der Waals surface area contributed by atoms with Gasteiger partial charge in [-0.25, -0.2) is 13.9 Å². The fourth-order valence-corrected chi connectivity index (χ4v) is 5.58. The third kappa shape index (κ3) is 6.18. The molecule has 13 heteroatoms. The predicted molar refractivity (Wildman–Crippen MR) is 127 cm³/mol. The van der Waals surface area contributed by atoms with Gasteiger partial charge in [-0.2, -0.15) is 17.9 Å². The normalized spacial score (nSPS) is 15.8. The maximum atomic E-state index is 12.9. The number of nitrogens with zero attached hydrogens (tertiary/aromatic N) is 2. The van der Waals surface area contributed by atoms with Crippen molar-refractivity contribution in [3.05, 3.63) is 65.9 Å². The molecule has 0 bridgehead atoms. The van der Waals surface area contributed by atoms with Gasteiger partial charge in [0.25, 0.3) is 5.91 Å². The molecule has 0 atom stereocenters. The number of alkyl halides is 3. The molecule has 1 aliphatic rings. The van der Waals surface area contributed by atoms with Gasteiger partial charge < -0.3 is 4.74 Å². The van der Waals surface area contributed by atoms with Crippen molar-refractivity contribution in [1.82, 2.24) is 20.1 Å². The third-order valence-electron chi connectivity index (χ3n) is 6.02. The van der Waals surface area contributed by atoms with E-state index in [2.05, 4.69) is 9.71 Å².